The predicted octanol–water partition coefficient (Wildman–Crippen LogP) is 21.3. The predicted molar refractivity (Wildman–Crippen MR) is 382 cm³/mol. The molecule has 0 aromatic rings. The van der Waals surface area contributed by atoms with E-state index in [9.17, 15) is 14.4 Å². The molecule has 0 spiro atoms. The van der Waals surface area contributed by atoms with Crippen LogP contribution in [-0.2, 0) is 14.4 Å². The Morgan fingerprint density at radius 3 is 0.517 bits per heavy atom. The highest BCUT2D eigenvalue weighted by Gasteiger charge is 2.39. The lowest BCUT2D eigenvalue weighted by Gasteiger charge is -2.33. The second-order valence-electron chi connectivity index (χ2n) is 28.1. The molecule has 9 nitrogen and oxygen atoms in total. The Kier molecular flexibility index (Phi) is 63.0. The van der Waals surface area contributed by atoms with Gasteiger partial charge in [0.2, 0.25) is 17.7 Å². The van der Waals surface area contributed by atoms with Crippen LogP contribution in [0.4, 0.5) is 0 Å². The molecule has 3 N–H and O–H groups in total. The van der Waals surface area contributed by atoms with Crippen LogP contribution in [0.1, 0.15) is 388 Å². The van der Waals surface area contributed by atoms with Crippen LogP contribution in [0.5, 0.6) is 0 Å². The van der Waals surface area contributed by atoms with Crippen LogP contribution < -0.4 is 16.0 Å². The van der Waals surface area contributed by atoms with E-state index in [1.807, 2.05) is 0 Å². The van der Waals surface area contributed by atoms with Crippen LogP contribution in [0.2, 0.25) is 0 Å². The third kappa shape index (κ3) is 53.5. The average Bonchev–Trinajstić information content (AvgIpc) is 3.72. The smallest absolute Gasteiger partial charge is 0.223 e. The zero-order valence-corrected chi connectivity index (χ0v) is 60.0. The molecule has 1 aliphatic carbocycles. The molecule has 9 heteroatoms. The van der Waals surface area contributed by atoms with E-state index in [2.05, 4.69) is 72.2 Å². The normalized spacial score (nSPS) is 15.3. The van der Waals surface area contributed by atoms with Gasteiger partial charge in [-0.05, 0) is 136 Å². The number of carbonyl (C=O) groups is 3. The molecule has 1 saturated carbocycles. The fourth-order valence-electron chi connectivity index (χ4n) is 13.8. The lowest BCUT2D eigenvalue weighted by molar-refractivity contribution is -0.135. The molecular weight excluding hydrogens is 1070 g/mol. The van der Waals surface area contributed by atoms with Gasteiger partial charge in [0, 0.05) is 37.4 Å². The topological polar surface area (TPSA) is 97.0 Å². The van der Waals surface area contributed by atoms with Crippen molar-refractivity contribution in [3.63, 3.8) is 0 Å². The third-order valence-corrected chi connectivity index (χ3v) is 19.6. The van der Waals surface area contributed by atoms with Gasteiger partial charge in [0.15, 0.2) is 0 Å². The van der Waals surface area contributed by atoms with Crippen molar-refractivity contribution < 1.29 is 14.4 Å². The molecule has 0 unspecified atom stereocenters. The molecule has 0 heterocycles. The first-order valence-electron chi connectivity index (χ1n) is 39.8. The van der Waals surface area contributed by atoms with Crippen LogP contribution in [-0.4, -0.2) is 111 Å². The molecule has 0 radical (unpaired) electrons. The molecule has 1 fully saturated rings. The van der Waals surface area contributed by atoms with Gasteiger partial charge in [-0.3, -0.25) is 14.4 Å². The molecule has 0 aliphatic heterocycles. The van der Waals surface area contributed by atoms with Crippen LogP contribution in [0.15, 0.2) is 0 Å². The van der Waals surface area contributed by atoms with E-state index in [0.717, 1.165) is 78.2 Å². The summed E-state index contributed by atoms with van der Waals surface area (Å²) in [6.07, 6.45) is 68.7. The van der Waals surface area contributed by atoms with Crippen molar-refractivity contribution in [2.45, 2.75) is 388 Å². The minimum absolute atomic E-state index is 0.0399. The van der Waals surface area contributed by atoms with Crippen LogP contribution >= 0.6 is 0 Å². The maximum absolute atomic E-state index is 14.3. The van der Waals surface area contributed by atoms with Crippen molar-refractivity contribution in [3.05, 3.63) is 0 Å². The summed E-state index contributed by atoms with van der Waals surface area (Å²) in [4.78, 5) is 50.9. The van der Waals surface area contributed by atoms with E-state index in [-0.39, 0.29) is 35.5 Å². The number of rotatable bonds is 69. The molecule has 1 rings (SSSR count). The van der Waals surface area contributed by atoms with Gasteiger partial charge in [-0.25, -0.2) is 0 Å². The monoisotopic (exact) mass is 1230 g/mol. The standard InChI is InChI=1S/C78H156N6O3/c1-7-13-19-25-31-37-43-49-61-82(62-50-44-38-32-26-20-14-8-2)67-55-58-79-76(85)73-70-74(77(86)80-59-56-68-83(63-51-45-39-33-27-21-15-9-3)64-52-46-40-34-28-22-16-10-4)72-75(71-73)78(87)81-60-57-69-84(65-53-47-41-35-29-23-17-11-5)66-54-48-42-36-30-24-18-12-6/h73-75H,7-72H2,1-6H3,(H,79,85)(H,80,86)(H,81,87). The van der Waals surface area contributed by atoms with Gasteiger partial charge in [-0.2, -0.15) is 0 Å². The second kappa shape index (κ2) is 65.8. The van der Waals surface area contributed by atoms with E-state index in [4.69, 9.17) is 0 Å². The van der Waals surface area contributed by atoms with E-state index in [1.54, 1.807) is 0 Å². The number of carbonyl (C=O) groups excluding carboxylic acids is 3. The van der Waals surface area contributed by atoms with Gasteiger partial charge in [-0.15, -0.1) is 0 Å². The van der Waals surface area contributed by atoms with Crippen molar-refractivity contribution in [2.75, 3.05) is 78.5 Å². The van der Waals surface area contributed by atoms with Crippen molar-refractivity contribution in [3.8, 4) is 0 Å². The molecule has 3 amide bonds. The van der Waals surface area contributed by atoms with Gasteiger partial charge >= 0.3 is 0 Å². The number of hydrogen-bond acceptors (Lipinski definition) is 6. The Balaban J connectivity index is 3.04. The van der Waals surface area contributed by atoms with Crippen LogP contribution in [0.3, 0.4) is 0 Å². The van der Waals surface area contributed by atoms with E-state index in [0.29, 0.717) is 38.9 Å². The molecule has 516 valence electrons. The highest BCUT2D eigenvalue weighted by molar-refractivity contribution is 5.86. The first-order valence-corrected chi connectivity index (χ1v) is 39.8. The summed E-state index contributed by atoms with van der Waals surface area (Å²) in [7, 11) is 0. The highest BCUT2D eigenvalue weighted by atomic mass is 16.2. The largest absolute Gasteiger partial charge is 0.356 e. The summed E-state index contributed by atoms with van der Waals surface area (Å²) in [5.74, 6) is -0.884. The maximum Gasteiger partial charge on any atom is 0.223 e. The third-order valence-electron chi connectivity index (χ3n) is 19.6. The minimum Gasteiger partial charge on any atom is -0.356 e. The number of hydrogen-bond donors (Lipinski definition) is 3. The summed E-state index contributed by atoms with van der Waals surface area (Å²) >= 11 is 0. The van der Waals surface area contributed by atoms with E-state index < -0.39 is 0 Å². The minimum atomic E-state index is -0.335. The fourth-order valence-corrected chi connectivity index (χ4v) is 13.8. The van der Waals surface area contributed by atoms with Gasteiger partial charge in [0.05, 0.1) is 0 Å². The van der Waals surface area contributed by atoms with Crippen molar-refractivity contribution >= 4 is 17.7 Å². The number of nitrogens with one attached hydrogen (secondary N) is 3. The number of nitrogens with zero attached hydrogens (tertiary/aromatic N) is 3. The van der Waals surface area contributed by atoms with Gasteiger partial charge in [-0.1, -0.05) is 311 Å². The highest BCUT2D eigenvalue weighted by Crippen LogP contribution is 2.34. The Labute approximate surface area is 544 Å². The molecule has 0 atom stereocenters. The van der Waals surface area contributed by atoms with Crippen LogP contribution in [0.25, 0.3) is 0 Å². The van der Waals surface area contributed by atoms with Crippen molar-refractivity contribution in [1.82, 2.24) is 30.7 Å². The summed E-state index contributed by atoms with van der Waals surface area (Å²) in [6.45, 7) is 25.7. The maximum atomic E-state index is 14.3. The number of unbranched alkanes of at least 4 members (excludes halogenated alkanes) is 42. The summed E-state index contributed by atoms with van der Waals surface area (Å²) in [6, 6.07) is 0. The van der Waals surface area contributed by atoms with Gasteiger partial charge in [0.25, 0.3) is 0 Å². The first-order chi connectivity index (χ1) is 42.8. The molecule has 0 aromatic heterocycles. The fraction of sp³-hybridized carbons (Fsp3) is 0.962. The Hall–Kier alpha value is -1.71. The van der Waals surface area contributed by atoms with Crippen LogP contribution in [0, 0.1) is 17.8 Å². The quantitative estimate of drug-likeness (QED) is 0.0525. The summed E-state index contributed by atoms with van der Waals surface area (Å²) < 4.78 is 0. The van der Waals surface area contributed by atoms with E-state index >= 15 is 0 Å². The van der Waals surface area contributed by atoms with Gasteiger partial charge < -0.3 is 30.7 Å². The molecule has 1 aliphatic rings. The van der Waals surface area contributed by atoms with E-state index in [1.165, 1.54) is 308 Å². The molecule has 0 bridgehead atoms. The second-order valence-corrected chi connectivity index (χ2v) is 28.1. The Morgan fingerprint density at radius 2 is 0.356 bits per heavy atom. The lowest BCUT2D eigenvalue weighted by atomic mass is 9.74. The summed E-state index contributed by atoms with van der Waals surface area (Å²) in [5.41, 5.74) is 0. The summed E-state index contributed by atoms with van der Waals surface area (Å²) in [5, 5.41) is 10.1. The van der Waals surface area contributed by atoms with Crippen molar-refractivity contribution in [2.24, 2.45) is 17.8 Å². The Bertz CT molecular complexity index is 1220. The average molecular weight is 1230 g/mol. The lowest BCUT2D eigenvalue weighted by Crippen LogP contribution is -2.45. The van der Waals surface area contributed by atoms with Gasteiger partial charge in [0.1, 0.15) is 0 Å². The van der Waals surface area contributed by atoms with Crippen molar-refractivity contribution in [1.29, 1.82) is 0 Å². The number of amides is 3. The first kappa shape index (κ1) is 83.3. The SMILES string of the molecule is CCCCCCCCCCN(CCCCCCCCCC)CCCNC(=O)C1CC(C(=O)NCCCN(CCCCCCCCCC)CCCCCCCCCC)CC(C(=O)NCCCN(CCCCCCCCCC)CCCCCCCCCC)C1. The Morgan fingerprint density at radius 1 is 0.218 bits per heavy atom. The zero-order chi connectivity index (χ0) is 63.0. The molecule has 0 saturated heterocycles. The molecular formula is C78H156N6O3. The molecule has 87 heavy (non-hydrogen) atoms. The molecule has 0 aromatic carbocycles. The zero-order valence-electron chi connectivity index (χ0n) is 60.0.